The van der Waals surface area contributed by atoms with Crippen molar-refractivity contribution in [3.8, 4) is 11.3 Å². The van der Waals surface area contributed by atoms with Crippen LogP contribution in [0.5, 0.6) is 0 Å². The summed E-state index contributed by atoms with van der Waals surface area (Å²) in [6.45, 7) is 0.374. The predicted molar refractivity (Wildman–Crippen MR) is 76.8 cm³/mol. The van der Waals surface area contributed by atoms with Crippen LogP contribution in [0.4, 0.5) is 5.82 Å². The van der Waals surface area contributed by atoms with Crippen LogP contribution in [0.2, 0.25) is 0 Å². The molecule has 0 aliphatic carbocycles. The van der Waals surface area contributed by atoms with Gasteiger partial charge in [-0.2, -0.15) is 0 Å². The van der Waals surface area contributed by atoms with Gasteiger partial charge in [-0.1, -0.05) is 36.4 Å². The topological polar surface area (TPSA) is 61.8 Å². The minimum Gasteiger partial charge on any atom is -0.382 e. The number of rotatable bonds is 4. The lowest BCUT2D eigenvalue weighted by Gasteiger charge is -2.05. The first-order valence-corrected chi connectivity index (χ1v) is 6.27. The molecular formula is C15H15N3O2. The van der Waals surface area contributed by atoms with Crippen molar-refractivity contribution in [2.45, 2.75) is 6.61 Å². The molecule has 1 aromatic carbocycles. The van der Waals surface area contributed by atoms with Gasteiger partial charge >= 0.3 is 0 Å². The smallest absolute Gasteiger partial charge is 0.150 e. The number of fused-ring (bicyclic) bond motifs is 1. The van der Waals surface area contributed by atoms with Gasteiger partial charge in [0.05, 0.1) is 12.8 Å². The molecule has 0 bridgehead atoms. The Morgan fingerprint density at radius 1 is 1.15 bits per heavy atom. The molecule has 3 aromatic rings. The molecule has 102 valence electrons. The summed E-state index contributed by atoms with van der Waals surface area (Å²) in [5.41, 5.74) is 9.75. The second kappa shape index (κ2) is 5.32. The van der Waals surface area contributed by atoms with E-state index in [1.807, 2.05) is 53.1 Å². The molecule has 0 amide bonds. The molecule has 2 aromatic heterocycles. The predicted octanol–water partition coefficient (Wildman–Crippen LogP) is 2.66. The van der Waals surface area contributed by atoms with E-state index in [-0.39, 0.29) is 0 Å². The maximum Gasteiger partial charge on any atom is 0.150 e. The highest BCUT2D eigenvalue weighted by Crippen LogP contribution is 2.27. The number of pyridine rings is 1. The lowest BCUT2D eigenvalue weighted by Crippen LogP contribution is -1.96. The molecule has 0 aliphatic heterocycles. The van der Waals surface area contributed by atoms with E-state index in [1.54, 1.807) is 0 Å². The Morgan fingerprint density at radius 3 is 2.70 bits per heavy atom. The van der Waals surface area contributed by atoms with Crippen molar-refractivity contribution in [3.05, 3.63) is 54.2 Å². The SMILES string of the molecule is COOCc1ccc2nc(N)c(-c3ccccc3)n2c1. The number of nitrogens with zero attached hydrogens (tertiary/aromatic N) is 2. The monoisotopic (exact) mass is 269 g/mol. The zero-order valence-corrected chi connectivity index (χ0v) is 11.1. The standard InChI is InChI=1S/C15H15N3O2/c1-19-20-10-11-7-8-13-17-15(16)14(18(13)9-11)12-5-3-2-4-6-12/h2-9H,10,16H2,1H3. The molecule has 0 saturated heterocycles. The molecule has 2 N–H and O–H groups in total. The Labute approximate surface area is 116 Å². The number of hydrogen-bond acceptors (Lipinski definition) is 4. The molecule has 0 fully saturated rings. The summed E-state index contributed by atoms with van der Waals surface area (Å²) in [7, 11) is 1.49. The number of nitrogen functional groups attached to an aromatic ring is 1. The maximum atomic E-state index is 6.05. The van der Waals surface area contributed by atoms with Gasteiger partial charge in [0.2, 0.25) is 0 Å². The molecule has 0 unspecified atom stereocenters. The van der Waals surface area contributed by atoms with Crippen LogP contribution in [0.15, 0.2) is 48.7 Å². The van der Waals surface area contributed by atoms with Gasteiger partial charge in [0.15, 0.2) is 5.82 Å². The minimum atomic E-state index is 0.374. The van der Waals surface area contributed by atoms with E-state index in [9.17, 15) is 0 Å². The summed E-state index contributed by atoms with van der Waals surface area (Å²) in [6, 6.07) is 13.8. The molecular weight excluding hydrogens is 254 g/mol. The maximum absolute atomic E-state index is 6.05. The van der Waals surface area contributed by atoms with Crippen LogP contribution in [-0.4, -0.2) is 16.5 Å². The summed E-state index contributed by atoms with van der Waals surface area (Å²) < 4.78 is 1.97. The molecule has 20 heavy (non-hydrogen) atoms. The van der Waals surface area contributed by atoms with Crippen LogP contribution in [0, 0.1) is 0 Å². The van der Waals surface area contributed by atoms with Gasteiger partial charge in [0, 0.05) is 11.8 Å². The molecule has 5 heteroatoms. The van der Waals surface area contributed by atoms with Crippen LogP contribution in [-0.2, 0) is 16.4 Å². The lowest BCUT2D eigenvalue weighted by atomic mass is 10.1. The van der Waals surface area contributed by atoms with Gasteiger partial charge in [-0.05, 0) is 11.6 Å². The van der Waals surface area contributed by atoms with Crippen molar-refractivity contribution in [1.29, 1.82) is 0 Å². The number of aromatic nitrogens is 2. The zero-order valence-electron chi connectivity index (χ0n) is 11.1. The zero-order chi connectivity index (χ0) is 13.9. The van der Waals surface area contributed by atoms with Crippen molar-refractivity contribution >= 4 is 11.5 Å². The molecule has 0 radical (unpaired) electrons. The Hall–Kier alpha value is -2.37. The first-order chi connectivity index (χ1) is 9.79. The fourth-order valence-corrected chi connectivity index (χ4v) is 2.20. The average molecular weight is 269 g/mol. The van der Waals surface area contributed by atoms with E-state index in [0.717, 1.165) is 22.5 Å². The van der Waals surface area contributed by atoms with E-state index in [4.69, 9.17) is 10.6 Å². The average Bonchev–Trinajstić information content (AvgIpc) is 2.81. The molecule has 0 atom stereocenters. The second-order valence-electron chi connectivity index (χ2n) is 4.41. The highest BCUT2D eigenvalue weighted by atomic mass is 17.2. The van der Waals surface area contributed by atoms with Gasteiger partial charge in [0.25, 0.3) is 0 Å². The van der Waals surface area contributed by atoms with Crippen LogP contribution in [0.25, 0.3) is 16.9 Å². The van der Waals surface area contributed by atoms with Gasteiger partial charge < -0.3 is 5.73 Å². The van der Waals surface area contributed by atoms with E-state index in [0.29, 0.717) is 12.4 Å². The molecule has 0 aliphatic rings. The Morgan fingerprint density at radius 2 is 1.95 bits per heavy atom. The molecule has 5 nitrogen and oxygen atoms in total. The van der Waals surface area contributed by atoms with Gasteiger partial charge in [-0.3, -0.25) is 4.40 Å². The first kappa shape index (κ1) is 12.7. The molecule has 0 saturated carbocycles. The van der Waals surface area contributed by atoms with Crippen molar-refractivity contribution in [1.82, 2.24) is 9.38 Å². The lowest BCUT2D eigenvalue weighted by molar-refractivity contribution is -0.282. The van der Waals surface area contributed by atoms with Gasteiger partial charge in [-0.15, -0.1) is 0 Å². The van der Waals surface area contributed by atoms with Crippen LogP contribution in [0.3, 0.4) is 0 Å². The summed E-state index contributed by atoms with van der Waals surface area (Å²) in [5, 5.41) is 0. The highest BCUT2D eigenvalue weighted by molar-refractivity contribution is 5.75. The number of benzene rings is 1. The minimum absolute atomic E-state index is 0.374. The fourth-order valence-electron chi connectivity index (χ4n) is 2.20. The summed E-state index contributed by atoms with van der Waals surface area (Å²) in [5.74, 6) is 0.515. The van der Waals surface area contributed by atoms with Crippen molar-refractivity contribution < 1.29 is 9.78 Å². The van der Waals surface area contributed by atoms with E-state index < -0.39 is 0 Å². The van der Waals surface area contributed by atoms with Crippen LogP contribution < -0.4 is 5.73 Å². The number of hydrogen-bond donors (Lipinski definition) is 1. The largest absolute Gasteiger partial charge is 0.382 e. The number of anilines is 1. The van der Waals surface area contributed by atoms with Crippen molar-refractivity contribution in [3.63, 3.8) is 0 Å². The van der Waals surface area contributed by atoms with E-state index in [2.05, 4.69) is 9.87 Å². The van der Waals surface area contributed by atoms with Crippen LogP contribution in [0.1, 0.15) is 5.56 Å². The fraction of sp³-hybridized carbons (Fsp3) is 0.133. The molecule has 3 rings (SSSR count). The summed E-state index contributed by atoms with van der Waals surface area (Å²) in [4.78, 5) is 14.0. The van der Waals surface area contributed by atoms with Crippen LogP contribution >= 0.6 is 0 Å². The third-order valence-electron chi connectivity index (χ3n) is 3.10. The first-order valence-electron chi connectivity index (χ1n) is 6.27. The third kappa shape index (κ3) is 2.24. The molecule has 0 spiro atoms. The Kier molecular flexibility index (Phi) is 3.37. The van der Waals surface area contributed by atoms with E-state index in [1.165, 1.54) is 7.11 Å². The molecule has 2 heterocycles. The normalized spacial score (nSPS) is 11.1. The number of nitrogens with two attached hydrogens (primary N) is 1. The van der Waals surface area contributed by atoms with Crippen molar-refractivity contribution in [2.75, 3.05) is 12.8 Å². The highest BCUT2D eigenvalue weighted by Gasteiger charge is 2.11. The van der Waals surface area contributed by atoms with Crippen molar-refractivity contribution in [2.24, 2.45) is 0 Å². The second-order valence-corrected chi connectivity index (χ2v) is 4.41. The van der Waals surface area contributed by atoms with E-state index >= 15 is 0 Å². The van der Waals surface area contributed by atoms with Gasteiger partial charge in [-0.25, -0.2) is 14.8 Å². The van der Waals surface area contributed by atoms with Gasteiger partial charge in [0.1, 0.15) is 12.3 Å². The summed E-state index contributed by atoms with van der Waals surface area (Å²) in [6.07, 6.45) is 1.96. The Bertz CT molecular complexity index is 723. The Balaban J connectivity index is 2.13. The summed E-state index contributed by atoms with van der Waals surface area (Å²) >= 11 is 0. The quantitative estimate of drug-likeness (QED) is 0.584. The number of imidazole rings is 1. The third-order valence-corrected chi connectivity index (χ3v) is 3.10.